The van der Waals surface area contributed by atoms with Crippen molar-refractivity contribution in [2.45, 2.75) is 25.4 Å². The number of amides is 1. The maximum Gasteiger partial charge on any atom is 0.310 e. The molecule has 0 spiro atoms. The van der Waals surface area contributed by atoms with Crippen molar-refractivity contribution in [3.8, 4) is 5.75 Å². The summed E-state index contributed by atoms with van der Waals surface area (Å²) in [5.41, 5.74) is 5.29. The van der Waals surface area contributed by atoms with Crippen molar-refractivity contribution in [2.75, 3.05) is 32.8 Å². The lowest BCUT2D eigenvalue weighted by Crippen LogP contribution is -2.43. The summed E-state index contributed by atoms with van der Waals surface area (Å²) in [6.45, 7) is 2.26. The van der Waals surface area contributed by atoms with E-state index < -0.39 is 4.92 Å². The van der Waals surface area contributed by atoms with E-state index in [1.807, 2.05) is 0 Å². The largest absolute Gasteiger partial charge is 0.477 e. The van der Waals surface area contributed by atoms with Crippen LogP contribution < -0.4 is 10.5 Å². The van der Waals surface area contributed by atoms with Gasteiger partial charge in [0.25, 0.3) is 5.91 Å². The first-order valence-corrected chi connectivity index (χ1v) is 8.07. The van der Waals surface area contributed by atoms with Crippen LogP contribution in [0.5, 0.6) is 5.75 Å². The third kappa shape index (κ3) is 5.17. The lowest BCUT2D eigenvalue weighted by atomic mass is 10.1. The number of hydrogen-bond acceptors (Lipinski definition) is 6. The highest BCUT2D eigenvalue weighted by Crippen LogP contribution is 2.25. The number of nitrogens with two attached hydrogens (primary N) is 1. The molecule has 1 fully saturated rings. The summed E-state index contributed by atoms with van der Waals surface area (Å²) in [5, 5.41) is 10.9. The van der Waals surface area contributed by atoms with Crippen molar-refractivity contribution < 1.29 is 19.2 Å². The molecule has 0 aliphatic carbocycles. The molecular formula is C16H23N3O5. The van der Waals surface area contributed by atoms with Crippen LogP contribution in [0.4, 0.5) is 5.69 Å². The Kier molecular flexibility index (Phi) is 6.95. The highest BCUT2D eigenvalue weighted by atomic mass is 16.6. The maximum atomic E-state index is 12.2. The quantitative estimate of drug-likeness (QED) is 0.435. The predicted octanol–water partition coefficient (Wildman–Crippen LogP) is 1.33. The van der Waals surface area contributed by atoms with E-state index in [4.69, 9.17) is 15.2 Å². The van der Waals surface area contributed by atoms with Gasteiger partial charge in [-0.25, -0.2) is 0 Å². The molecule has 0 unspecified atom stereocenters. The van der Waals surface area contributed by atoms with Crippen molar-refractivity contribution in [3.05, 3.63) is 34.4 Å². The lowest BCUT2D eigenvalue weighted by molar-refractivity contribution is -0.385. The van der Waals surface area contributed by atoms with Gasteiger partial charge in [-0.1, -0.05) is 12.1 Å². The average Bonchev–Trinajstić information content (AvgIpc) is 2.60. The molecule has 2 rings (SSSR count). The van der Waals surface area contributed by atoms with E-state index >= 15 is 0 Å². The second kappa shape index (κ2) is 9.19. The minimum absolute atomic E-state index is 0.107. The highest BCUT2D eigenvalue weighted by Gasteiger charge is 2.24. The number of para-hydroxylation sites is 2. The fourth-order valence-electron chi connectivity index (χ4n) is 2.57. The summed E-state index contributed by atoms with van der Waals surface area (Å²) < 4.78 is 11.0. The van der Waals surface area contributed by atoms with Gasteiger partial charge in [0.2, 0.25) is 0 Å². The fraction of sp³-hybridized carbons (Fsp3) is 0.562. The fourth-order valence-corrected chi connectivity index (χ4v) is 2.57. The Morgan fingerprint density at radius 3 is 2.71 bits per heavy atom. The molecule has 1 amide bonds. The molecule has 1 saturated heterocycles. The summed E-state index contributed by atoms with van der Waals surface area (Å²) in [7, 11) is 0. The molecule has 24 heavy (non-hydrogen) atoms. The first-order valence-electron chi connectivity index (χ1n) is 8.07. The topological polar surface area (TPSA) is 108 Å². The zero-order valence-corrected chi connectivity index (χ0v) is 13.6. The monoisotopic (exact) mass is 337 g/mol. The molecule has 1 aliphatic rings. The standard InChI is InChI=1S/C16H23N3O5/c17-8-3-11-23-13-6-9-18(10-7-13)16(20)12-24-15-5-2-1-4-14(15)19(21)22/h1-2,4-5,13H,3,6-12,17H2. The van der Waals surface area contributed by atoms with Crippen LogP contribution in [0, 0.1) is 10.1 Å². The normalized spacial score (nSPS) is 15.3. The first-order chi connectivity index (χ1) is 11.6. The van der Waals surface area contributed by atoms with Crippen molar-refractivity contribution in [1.29, 1.82) is 0 Å². The van der Waals surface area contributed by atoms with Crippen LogP contribution >= 0.6 is 0 Å². The molecule has 0 radical (unpaired) electrons. The van der Waals surface area contributed by atoms with Crippen molar-refractivity contribution in [3.63, 3.8) is 0 Å². The van der Waals surface area contributed by atoms with Gasteiger partial charge in [-0.15, -0.1) is 0 Å². The van der Waals surface area contributed by atoms with Gasteiger partial charge in [0.1, 0.15) is 0 Å². The Morgan fingerprint density at radius 1 is 1.33 bits per heavy atom. The van der Waals surface area contributed by atoms with Gasteiger partial charge in [0.05, 0.1) is 11.0 Å². The molecule has 1 aromatic carbocycles. The van der Waals surface area contributed by atoms with Gasteiger partial charge in [0, 0.05) is 25.8 Å². The molecule has 132 valence electrons. The van der Waals surface area contributed by atoms with Crippen LogP contribution in [0.3, 0.4) is 0 Å². The van der Waals surface area contributed by atoms with E-state index in [9.17, 15) is 14.9 Å². The Bertz CT molecular complexity index is 558. The number of ether oxygens (including phenoxy) is 2. The van der Waals surface area contributed by atoms with Gasteiger partial charge >= 0.3 is 5.69 Å². The SMILES string of the molecule is NCCCOC1CCN(C(=O)COc2ccccc2[N+](=O)[O-])CC1. The lowest BCUT2D eigenvalue weighted by Gasteiger charge is -2.31. The van der Waals surface area contributed by atoms with Crippen LogP contribution in [-0.2, 0) is 9.53 Å². The zero-order chi connectivity index (χ0) is 17.4. The number of benzene rings is 1. The summed E-state index contributed by atoms with van der Waals surface area (Å²) >= 11 is 0. The number of nitrogens with zero attached hydrogens (tertiary/aromatic N) is 2. The van der Waals surface area contributed by atoms with E-state index in [-0.39, 0.29) is 30.1 Å². The molecule has 8 nitrogen and oxygen atoms in total. The van der Waals surface area contributed by atoms with E-state index in [0.717, 1.165) is 19.3 Å². The molecule has 1 aromatic rings. The third-order valence-electron chi connectivity index (χ3n) is 3.91. The van der Waals surface area contributed by atoms with Gasteiger partial charge < -0.3 is 20.1 Å². The van der Waals surface area contributed by atoms with E-state index in [1.165, 1.54) is 12.1 Å². The molecule has 0 bridgehead atoms. The van der Waals surface area contributed by atoms with Gasteiger partial charge in [0.15, 0.2) is 12.4 Å². The Hall–Kier alpha value is -2.19. The van der Waals surface area contributed by atoms with Crippen LogP contribution in [-0.4, -0.2) is 54.7 Å². The number of nitro groups is 1. The summed E-state index contributed by atoms with van der Waals surface area (Å²) in [6.07, 6.45) is 2.56. The van der Waals surface area contributed by atoms with Crippen LogP contribution in [0.2, 0.25) is 0 Å². The number of rotatable bonds is 8. The number of likely N-dealkylation sites (tertiary alicyclic amines) is 1. The summed E-state index contributed by atoms with van der Waals surface area (Å²) in [5.74, 6) is -0.0654. The summed E-state index contributed by atoms with van der Waals surface area (Å²) in [4.78, 5) is 24.3. The number of piperidine rings is 1. The molecule has 0 atom stereocenters. The molecule has 1 aliphatic heterocycles. The molecule has 0 saturated carbocycles. The van der Waals surface area contributed by atoms with Crippen LogP contribution in [0.15, 0.2) is 24.3 Å². The molecule has 1 heterocycles. The maximum absolute atomic E-state index is 12.2. The smallest absolute Gasteiger partial charge is 0.310 e. The molecular weight excluding hydrogens is 314 g/mol. The number of hydrogen-bond donors (Lipinski definition) is 1. The Labute approximate surface area is 140 Å². The van der Waals surface area contributed by atoms with Gasteiger partial charge in [-0.3, -0.25) is 14.9 Å². The third-order valence-corrected chi connectivity index (χ3v) is 3.91. The van der Waals surface area contributed by atoms with Gasteiger partial charge in [-0.05, 0) is 31.9 Å². The zero-order valence-electron chi connectivity index (χ0n) is 13.6. The minimum Gasteiger partial charge on any atom is -0.477 e. The summed E-state index contributed by atoms with van der Waals surface area (Å²) in [6, 6.07) is 6.03. The van der Waals surface area contributed by atoms with Crippen molar-refractivity contribution in [2.24, 2.45) is 5.73 Å². The minimum atomic E-state index is -0.524. The van der Waals surface area contributed by atoms with E-state index in [1.54, 1.807) is 17.0 Å². The van der Waals surface area contributed by atoms with Crippen LogP contribution in [0.1, 0.15) is 19.3 Å². The second-order valence-corrected chi connectivity index (χ2v) is 5.61. The number of nitro benzene ring substituents is 1. The van der Waals surface area contributed by atoms with Crippen molar-refractivity contribution >= 4 is 11.6 Å². The predicted molar refractivity (Wildman–Crippen MR) is 87.8 cm³/mol. The van der Waals surface area contributed by atoms with Crippen LogP contribution in [0.25, 0.3) is 0 Å². The van der Waals surface area contributed by atoms with Crippen molar-refractivity contribution in [1.82, 2.24) is 4.90 Å². The molecule has 8 heteroatoms. The Morgan fingerprint density at radius 2 is 2.04 bits per heavy atom. The highest BCUT2D eigenvalue weighted by molar-refractivity contribution is 5.78. The number of carbonyl (C=O) groups excluding carboxylic acids is 1. The van der Waals surface area contributed by atoms with E-state index in [2.05, 4.69) is 0 Å². The average molecular weight is 337 g/mol. The first kappa shape index (κ1) is 18.2. The second-order valence-electron chi connectivity index (χ2n) is 5.61. The molecule has 2 N–H and O–H groups in total. The van der Waals surface area contributed by atoms with E-state index in [0.29, 0.717) is 26.2 Å². The van der Waals surface area contributed by atoms with Gasteiger partial charge in [-0.2, -0.15) is 0 Å². The Balaban J connectivity index is 1.77. The molecule has 0 aromatic heterocycles. The number of carbonyl (C=O) groups is 1.